The average molecular weight is 435 g/mol. The molecule has 1 aliphatic heterocycles. The van der Waals surface area contributed by atoms with E-state index >= 15 is 0 Å². The van der Waals surface area contributed by atoms with Gasteiger partial charge in [0.15, 0.2) is 14.9 Å². The maximum Gasteiger partial charge on any atom is 0.480 e. The highest BCUT2D eigenvalue weighted by Crippen LogP contribution is 2.30. The third-order valence-electron chi connectivity index (χ3n) is 3.25. The van der Waals surface area contributed by atoms with Gasteiger partial charge in [-0.2, -0.15) is 13.2 Å². The van der Waals surface area contributed by atoms with Crippen molar-refractivity contribution in [2.45, 2.75) is 23.2 Å². The maximum absolute atomic E-state index is 12.1. The largest absolute Gasteiger partial charge is 0.491 e. The van der Waals surface area contributed by atoms with Gasteiger partial charge < -0.3 is 8.86 Å². The molecular formula is C13H16F3NO6S3. The van der Waals surface area contributed by atoms with Gasteiger partial charge >= 0.3 is 5.51 Å². The van der Waals surface area contributed by atoms with Gasteiger partial charge in [-0.25, -0.2) is 16.8 Å². The van der Waals surface area contributed by atoms with E-state index < -0.39 is 32.4 Å². The molecule has 7 nitrogen and oxygen atoms in total. The molecule has 0 bridgehead atoms. The number of ether oxygens (including phenoxy) is 1. The summed E-state index contributed by atoms with van der Waals surface area (Å²) in [5.41, 5.74) is -5.82. The molecule has 1 aromatic carbocycles. The summed E-state index contributed by atoms with van der Waals surface area (Å²) >= 11 is 0. The predicted octanol–water partition coefficient (Wildman–Crippen LogP) is 2.32. The number of benzene rings is 1. The summed E-state index contributed by atoms with van der Waals surface area (Å²) in [6, 6.07) is 7.22. The summed E-state index contributed by atoms with van der Waals surface area (Å²) in [5.74, 6) is 2.75. The van der Waals surface area contributed by atoms with Crippen molar-refractivity contribution in [2.75, 3.05) is 24.7 Å². The Morgan fingerprint density at radius 2 is 1.58 bits per heavy atom. The third-order valence-corrected chi connectivity index (χ3v) is 8.32. The lowest BCUT2D eigenvalue weighted by molar-refractivity contribution is -0.0425. The standard InChI is InChI=1S/C13H16F3NO6S3/c14-13(15,16)25(18,19)17-26(20,21)23-8-7-22-11-3-5-12(6-4-11)24-9-1-2-10-24/h3-6H,1-2,7-10H2. The molecule has 0 amide bonds. The van der Waals surface area contributed by atoms with Crippen molar-refractivity contribution in [3.8, 4) is 5.75 Å². The lowest BCUT2D eigenvalue weighted by Gasteiger charge is -2.21. The van der Waals surface area contributed by atoms with Crippen LogP contribution >= 0.6 is 0 Å². The fourth-order valence-electron chi connectivity index (χ4n) is 2.10. The molecule has 0 unspecified atom stereocenters. The van der Waals surface area contributed by atoms with E-state index in [0.717, 1.165) is 11.5 Å². The SMILES string of the molecule is O=S(=O)([N-]S(=O)(=O)C(F)(F)F)OCCOc1ccc([S+]2CCCC2)cc1. The lowest BCUT2D eigenvalue weighted by atomic mass is 10.3. The van der Waals surface area contributed by atoms with Gasteiger partial charge in [-0.15, -0.1) is 0 Å². The predicted molar refractivity (Wildman–Crippen MR) is 89.7 cm³/mol. The van der Waals surface area contributed by atoms with Gasteiger partial charge in [0.2, 0.25) is 10.3 Å². The minimum absolute atomic E-state index is 0.244. The quantitative estimate of drug-likeness (QED) is 0.459. The van der Waals surface area contributed by atoms with E-state index in [1.165, 1.54) is 17.7 Å². The van der Waals surface area contributed by atoms with Crippen LogP contribution in [-0.2, 0) is 35.4 Å². The van der Waals surface area contributed by atoms with Crippen LogP contribution in [0.2, 0.25) is 0 Å². The molecular weight excluding hydrogens is 419 g/mol. The third kappa shape index (κ3) is 6.01. The van der Waals surface area contributed by atoms with E-state index in [4.69, 9.17) is 4.74 Å². The van der Waals surface area contributed by atoms with Crippen LogP contribution in [0.1, 0.15) is 12.8 Å². The van der Waals surface area contributed by atoms with Crippen LogP contribution in [0.15, 0.2) is 29.2 Å². The highest BCUT2D eigenvalue weighted by Gasteiger charge is 2.40. The second-order valence-electron chi connectivity index (χ2n) is 5.17. The summed E-state index contributed by atoms with van der Waals surface area (Å²) in [7, 11) is -11.2. The number of hydrogen-bond acceptors (Lipinski definition) is 6. The van der Waals surface area contributed by atoms with Crippen molar-refractivity contribution in [3.05, 3.63) is 28.4 Å². The normalized spacial score (nSPS) is 16.7. The molecule has 0 atom stereocenters. The molecule has 13 heteroatoms. The molecule has 1 heterocycles. The van der Waals surface area contributed by atoms with Crippen molar-refractivity contribution in [1.82, 2.24) is 0 Å². The van der Waals surface area contributed by atoms with Crippen LogP contribution in [-0.4, -0.2) is 47.1 Å². The van der Waals surface area contributed by atoms with Gasteiger partial charge in [0, 0.05) is 10.9 Å². The fraction of sp³-hybridized carbons (Fsp3) is 0.538. The van der Waals surface area contributed by atoms with Gasteiger partial charge in [-0.05, 0) is 37.1 Å². The Morgan fingerprint density at radius 3 is 2.12 bits per heavy atom. The fourth-order valence-corrected chi connectivity index (χ4v) is 6.15. The average Bonchev–Trinajstić information content (AvgIpc) is 3.04. The molecule has 26 heavy (non-hydrogen) atoms. The van der Waals surface area contributed by atoms with Crippen molar-refractivity contribution in [2.24, 2.45) is 0 Å². The highest BCUT2D eigenvalue weighted by atomic mass is 32.3. The molecule has 0 aromatic heterocycles. The Hall–Kier alpha value is -1.02. The Bertz CT molecular complexity index is 803. The Morgan fingerprint density at radius 1 is 1.00 bits per heavy atom. The van der Waals surface area contributed by atoms with Crippen molar-refractivity contribution < 1.29 is 38.9 Å². The van der Waals surface area contributed by atoms with Gasteiger partial charge in [0.25, 0.3) is 0 Å². The zero-order valence-corrected chi connectivity index (χ0v) is 15.8. The summed E-state index contributed by atoms with van der Waals surface area (Å²) in [5, 5.41) is 0. The van der Waals surface area contributed by atoms with Crippen molar-refractivity contribution >= 4 is 31.2 Å². The lowest BCUT2D eigenvalue weighted by Crippen LogP contribution is -2.25. The molecule has 0 spiro atoms. The summed E-state index contributed by atoms with van der Waals surface area (Å²) in [6.07, 6.45) is 2.42. The molecule has 0 N–H and O–H groups in total. The van der Waals surface area contributed by atoms with Gasteiger partial charge in [-0.3, -0.25) is 4.18 Å². The van der Waals surface area contributed by atoms with Gasteiger partial charge in [-0.1, -0.05) is 0 Å². The highest BCUT2D eigenvalue weighted by molar-refractivity contribution is 8.10. The Kier molecular flexibility index (Phi) is 6.82. The topological polar surface area (TPSA) is 101 Å². The number of alkyl halides is 3. The number of rotatable bonds is 8. The first-order valence-electron chi connectivity index (χ1n) is 7.35. The van der Waals surface area contributed by atoms with Gasteiger partial charge in [0.05, 0.1) is 6.61 Å². The number of sulfonamides is 1. The molecule has 1 aromatic rings. The van der Waals surface area contributed by atoms with E-state index in [1.807, 2.05) is 12.1 Å². The van der Waals surface area contributed by atoms with E-state index in [9.17, 15) is 30.0 Å². The van der Waals surface area contributed by atoms with E-state index in [0.29, 0.717) is 5.75 Å². The van der Waals surface area contributed by atoms with E-state index in [1.54, 1.807) is 16.3 Å². The van der Waals surface area contributed by atoms with E-state index in [-0.39, 0.29) is 17.5 Å². The van der Waals surface area contributed by atoms with Crippen LogP contribution < -0.4 is 4.74 Å². The van der Waals surface area contributed by atoms with Gasteiger partial charge in [0.1, 0.15) is 23.9 Å². The Balaban J connectivity index is 1.79. The minimum atomic E-state index is -6.19. The summed E-state index contributed by atoms with van der Waals surface area (Å²) in [4.78, 5) is 1.21. The van der Waals surface area contributed by atoms with Crippen molar-refractivity contribution in [1.29, 1.82) is 0 Å². The maximum atomic E-state index is 12.1. The molecule has 2 rings (SSSR count). The molecule has 1 aliphatic rings. The first-order chi connectivity index (χ1) is 12.0. The molecule has 1 fully saturated rings. The zero-order chi connectivity index (χ0) is 19.4. The second-order valence-corrected chi connectivity index (χ2v) is 10.5. The summed E-state index contributed by atoms with van der Waals surface area (Å²) < 4.78 is 91.0. The molecule has 148 valence electrons. The molecule has 0 aliphatic carbocycles. The first-order valence-corrected chi connectivity index (χ1v) is 11.7. The second kappa shape index (κ2) is 8.33. The van der Waals surface area contributed by atoms with Crippen LogP contribution in [0.4, 0.5) is 13.2 Å². The van der Waals surface area contributed by atoms with E-state index in [2.05, 4.69) is 4.18 Å². The minimum Gasteiger partial charge on any atom is -0.491 e. The van der Waals surface area contributed by atoms with Crippen LogP contribution in [0, 0.1) is 0 Å². The zero-order valence-electron chi connectivity index (χ0n) is 13.3. The molecule has 1 saturated heterocycles. The Labute approximate surface area is 152 Å². The van der Waals surface area contributed by atoms with Crippen LogP contribution in [0.3, 0.4) is 0 Å². The van der Waals surface area contributed by atoms with Crippen molar-refractivity contribution in [3.63, 3.8) is 0 Å². The monoisotopic (exact) mass is 435 g/mol. The summed E-state index contributed by atoms with van der Waals surface area (Å²) in [6.45, 7) is -1.00. The number of nitrogens with zero attached hydrogens (tertiary/aromatic N) is 1. The van der Waals surface area contributed by atoms with Crippen LogP contribution in [0.5, 0.6) is 5.75 Å². The first kappa shape index (κ1) is 21.3. The molecule has 0 radical (unpaired) electrons. The smallest absolute Gasteiger partial charge is 0.480 e. The number of hydrogen-bond donors (Lipinski definition) is 0. The van der Waals surface area contributed by atoms with Crippen LogP contribution in [0.25, 0.3) is 4.13 Å². The number of halogens is 3. The molecule has 0 saturated carbocycles.